The van der Waals surface area contributed by atoms with Gasteiger partial charge in [-0.2, -0.15) is 0 Å². The Morgan fingerprint density at radius 3 is 2.33 bits per heavy atom. The second-order valence-corrected chi connectivity index (χ2v) is 4.82. The number of nitrogens with zero attached hydrogens (tertiary/aromatic N) is 1. The highest BCUT2D eigenvalue weighted by Gasteiger charge is 2.08. The SMILES string of the molecule is O=C(Nc1cc(Cl)cc(Cl)c1)Nc1cccc(C(=O)O)n1. The second kappa shape index (κ2) is 6.43. The number of nitrogens with one attached hydrogen (secondary N) is 2. The van der Waals surface area contributed by atoms with Crippen molar-refractivity contribution in [2.24, 2.45) is 0 Å². The van der Waals surface area contributed by atoms with Gasteiger partial charge in [0.2, 0.25) is 0 Å². The van der Waals surface area contributed by atoms with Crippen LogP contribution in [0.3, 0.4) is 0 Å². The first-order valence-corrected chi connectivity index (χ1v) is 6.44. The van der Waals surface area contributed by atoms with E-state index in [0.29, 0.717) is 15.7 Å². The number of rotatable bonds is 3. The Kier molecular flexibility index (Phi) is 4.62. The summed E-state index contributed by atoms with van der Waals surface area (Å²) in [6.45, 7) is 0. The second-order valence-electron chi connectivity index (χ2n) is 3.95. The van der Waals surface area contributed by atoms with E-state index in [0.717, 1.165) is 0 Å². The van der Waals surface area contributed by atoms with E-state index in [1.807, 2.05) is 0 Å². The largest absolute Gasteiger partial charge is 0.477 e. The van der Waals surface area contributed by atoms with Crippen molar-refractivity contribution < 1.29 is 14.7 Å². The van der Waals surface area contributed by atoms with Crippen LogP contribution >= 0.6 is 23.2 Å². The first kappa shape index (κ1) is 15.1. The average molecular weight is 326 g/mol. The highest BCUT2D eigenvalue weighted by Crippen LogP contribution is 2.22. The molecule has 2 amide bonds. The zero-order valence-electron chi connectivity index (χ0n) is 10.4. The Labute approximate surface area is 129 Å². The standard InChI is InChI=1S/C13H9Cl2N3O3/c14-7-4-8(15)6-9(5-7)16-13(21)18-11-3-1-2-10(17-11)12(19)20/h1-6H,(H,19,20)(H2,16,17,18,21). The van der Waals surface area contributed by atoms with Crippen LogP contribution in [0.1, 0.15) is 10.5 Å². The van der Waals surface area contributed by atoms with Gasteiger partial charge < -0.3 is 10.4 Å². The summed E-state index contributed by atoms with van der Waals surface area (Å²) in [5, 5.41) is 14.5. The number of carboxylic acid groups (broad SMARTS) is 1. The molecule has 0 aliphatic carbocycles. The average Bonchev–Trinajstić information content (AvgIpc) is 2.37. The number of urea groups is 1. The van der Waals surface area contributed by atoms with E-state index in [1.54, 1.807) is 0 Å². The van der Waals surface area contributed by atoms with Gasteiger partial charge in [0, 0.05) is 15.7 Å². The summed E-state index contributed by atoms with van der Waals surface area (Å²) >= 11 is 11.6. The molecule has 0 aliphatic rings. The Hall–Kier alpha value is -2.31. The Bertz CT molecular complexity index is 687. The van der Waals surface area contributed by atoms with E-state index >= 15 is 0 Å². The van der Waals surface area contributed by atoms with Crippen LogP contribution in [0.15, 0.2) is 36.4 Å². The van der Waals surface area contributed by atoms with Crippen molar-refractivity contribution in [2.75, 3.05) is 10.6 Å². The monoisotopic (exact) mass is 325 g/mol. The topological polar surface area (TPSA) is 91.3 Å². The van der Waals surface area contributed by atoms with Gasteiger partial charge in [-0.3, -0.25) is 5.32 Å². The number of amides is 2. The summed E-state index contributed by atoms with van der Waals surface area (Å²) in [5.41, 5.74) is 0.234. The molecule has 3 N–H and O–H groups in total. The molecular formula is C13H9Cl2N3O3. The quantitative estimate of drug-likeness (QED) is 0.801. The molecule has 0 fully saturated rings. The fraction of sp³-hybridized carbons (Fsp3) is 0. The maximum atomic E-state index is 11.8. The lowest BCUT2D eigenvalue weighted by Crippen LogP contribution is -2.20. The van der Waals surface area contributed by atoms with Crippen LogP contribution in [0.2, 0.25) is 10.0 Å². The third-order valence-corrected chi connectivity index (χ3v) is 2.77. The van der Waals surface area contributed by atoms with E-state index in [4.69, 9.17) is 28.3 Å². The number of carboxylic acids is 1. The van der Waals surface area contributed by atoms with E-state index in [9.17, 15) is 9.59 Å². The molecule has 1 aromatic heterocycles. The van der Waals surface area contributed by atoms with Gasteiger partial charge in [-0.15, -0.1) is 0 Å². The van der Waals surface area contributed by atoms with Crippen LogP contribution in [0.5, 0.6) is 0 Å². The van der Waals surface area contributed by atoms with Gasteiger partial charge in [0.1, 0.15) is 5.82 Å². The van der Waals surface area contributed by atoms with Crippen molar-refractivity contribution in [3.63, 3.8) is 0 Å². The van der Waals surface area contributed by atoms with Crippen LogP contribution in [0, 0.1) is 0 Å². The minimum Gasteiger partial charge on any atom is -0.477 e. The number of aromatic carboxylic acids is 1. The smallest absolute Gasteiger partial charge is 0.354 e. The molecule has 0 unspecified atom stereocenters. The summed E-state index contributed by atoms with van der Waals surface area (Å²) in [6, 6.07) is 8.25. The molecule has 21 heavy (non-hydrogen) atoms. The minimum atomic E-state index is -1.18. The summed E-state index contributed by atoms with van der Waals surface area (Å²) in [4.78, 5) is 26.3. The van der Waals surface area contributed by atoms with Gasteiger partial charge in [0.05, 0.1) is 0 Å². The maximum absolute atomic E-state index is 11.8. The number of aromatic nitrogens is 1. The van der Waals surface area contributed by atoms with Crippen molar-refractivity contribution in [3.8, 4) is 0 Å². The molecule has 0 spiro atoms. The summed E-state index contributed by atoms with van der Waals surface area (Å²) in [6.07, 6.45) is 0. The first-order chi connectivity index (χ1) is 9.94. The van der Waals surface area contributed by atoms with Crippen molar-refractivity contribution in [3.05, 3.63) is 52.1 Å². The van der Waals surface area contributed by atoms with Crippen molar-refractivity contribution in [1.29, 1.82) is 0 Å². The number of hydrogen-bond acceptors (Lipinski definition) is 3. The van der Waals surface area contributed by atoms with E-state index < -0.39 is 12.0 Å². The lowest BCUT2D eigenvalue weighted by atomic mass is 10.3. The first-order valence-electron chi connectivity index (χ1n) is 5.68. The normalized spacial score (nSPS) is 10.0. The molecule has 0 saturated heterocycles. The maximum Gasteiger partial charge on any atom is 0.354 e. The molecular weight excluding hydrogens is 317 g/mol. The number of carbonyl (C=O) groups is 2. The van der Waals surface area contributed by atoms with Crippen LogP contribution in [0.4, 0.5) is 16.3 Å². The molecule has 1 heterocycles. The van der Waals surface area contributed by atoms with Crippen molar-refractivity contribution >= 4 is 46.7 Å². The molecule has 0 bridgehead atoms. The lowest BCUT2D eigenvalue weighted by molar-refractivity contribution is 0.0690. The Balaban J connectivity index is 2.08. The Morgan fingerprint density at radius 1 is 1.05 bits per heavy atom. The number of pyridine rings is 1. The van der Waals surface area contributed by atoms with Gasteiger partial charge in [-0.1, -0.05) is 29.3 Å². The molecule has 2 aromatic rings. The van der Waals surface area contributed by atoms with Gasteiger partial charge in [0.25, 0.3) is 0 Å². The summed E-state index contributed by atoms with van der Waals surface area (Å²) in [5.74, 6) is -1.07. The molecule has 0 saturated carbocycles. The fourth-order valence-electron chi connectivity index (χ4n) is 1.53. The van der Waals surface area contributed by atoms with Crippen LogP contribution in [0.25, 0.3) is 0 Å². The van der Waals surface area contributed by atoms with Crippen LogP contribution in [-0.2, 0) is 0 Å². The predicted octanol–water partition coefficient (Wildman–Crippen LogP) is 3.73. The molecule has 6 nitrogen and oxygen atoms in total. The van der Waals surface area contributed by atoms with Crippen LogP contribution < -0.4 is 10.6 Å². The van der Waals surface area contributed by atoms with Gasteiger partial charge in [-0.05, 0) is 30.3 Å². The molecule has 108 valence electrons. The number of halogens is 2. The molecule has 2 rings (SSSR count). The van der Waals surface area contributed by atoms with Crippen molar-refractivity contribution in [2.45, 2.75) is 0 Å². The van der Waals surface area contributed by atoms with E-state index in [1.165, 1.54) is 36.4 Å². The lowest BCUT2D eigenvalue weighted by Gasteiger charge is -2.08. The van der Waals surface area contributed by atoms with Gasteiger partial charge >= 0.3 is 12.0 Å². The zero-order chi connectivity index (χ0) is 15.4. The Morgan fingerprint density at radius 2 is 1.71 bits per heavy atom. The molecule has 0 atom stereocenters. The third-order valence-electron chi connectivity index (χ3n) is 2.33. The number of hydrogen-bond donors (Lipinski definition) is 3. The fourth-order valence-corrected chi connectivity index (χ4v) is 2.05. The van der Waals surface area contributed by atoms with Crippen molar-refractivity contribution in [1.82, 2.24) is 4.98 Å². The van der Waals surface area contributed by atoms with Gasteiger partial charge in [0.15, 0.2) is 5.69 Å². The molecule has 1 aromatic carbocycles. The zero-order valence-corrected chi connectivity index (χ0v) is 11.9. The highest BCUT2D eigenvalue weighted by atomic mass is 35.5. The van der Waals surface area contributed by atoms with E-state index in [-0.39, 0.29) is 11.5 Å². The highest BCUT2D eigenvalue weighted by molar-refractivity contribution is 6.35. The molecule has 0 radical (unpaired) electrons. The number of benzene rings is 1. The third kappa shape index (κ3) is 4.34. The summed E-state index contributed by atoms with van der Waals surface area (Å²) < 4.78 is 0. The summed E-state index contributed by atoms with van der Waals surface area (Å²) in [7, 11) is 0. The van der Waals surface area contributed by atoms with E-state index in [2.05, 4.69) is 15.6 Å². The minimum absolute atomic E-state index is 0.112. The number of carbonyl (C=O) groups excluding carboxylic acids is 1. The molecule has 8 heteroatoms. The van der Waals surface area contributed by atoms with Gasteiger partial charge in [-0.25, -0.2) is 14.6 Å². The molecule has 0 aliphatic heterocycles. The number of anilines is 2. The predicted molar refractivity (Wildman–Crippen MR) is 80.3 cm³/mol. The van der Waals surface area contributed by atoms with Crippen LogP contribution in [-0.4, -0.2) is 22.1 Å².